The summed E-state index contributed by atoms with van der Waals surface area (Å²) in [5.74, 6) is 4.35. The number of unbranched alkanes of at least 4 members (excludes halogenated alkanes) is 3. The first-order valence-corrected chi connectivity index (χ1v) is 24.3. The maximum atomic E-state index is 11.2. The molecule has 2 fully saturated rings. The number of hydrazone groups is 1. The molecular formula is C52H71N3O8S. The topological polar surface area (TPSA) is 118 Å². The van der Waals surface area contributed by atoms with Crippen LogP contribution in [0.1, 0.15) is 114 Å². The summed E-state index contributed by atoms with van der Waals surface area (Å²) in [6.45, 7) is 9.67. The number of methoxy groups -OCH3 is 2. The highest BCUT2D eigenvalue weighted by molar-refractivity contribution is 7.22. The van der Waals surface area contributed by atoms with Crippen molar-refractivity contribution in [3.05, 3.63) is 90.5 Å². The van der Waals surface area contributed by atoms with E-state index in [0.29, 0.717) is 58.0 Å². The van der Waals surface area contributed by atoms with Crippen LogP contribution in [-0.2, 0) is 23.8 Å². The Morgan fingerprint density at radius 1 is 0.828 bits per heavy atom. The Morgan fingerprint density at radius 2 is 1.56 bits per heavy atom. The Kier molecular flexibility index (Phi) is 22.7. The molecule has 0 N–H and O–H groups in total. The molecule has 6 rings (SSSR count). The number of hydrogen-bond acceptors (Lipinski definition) is 12. The summed E-state index contributed by atoms with van der Waals surface area (Å²) in [5, 5.41) is 7.80. The van der Waals surface area contributed by atoms with Crippen LogP contribution in [0.5, 0.6) is 17.2 Å². The number of thiazole rings is 1. The van der Waals surface area contributed by atoms with Crippen molar-refractivity contribution in [1.29, 1.82) is 0 Å². The summed E-state index contributed by atoms with van der Waals surface area (Å²) in [4.78, 5) is 26.9. The van der Waals surface area contributed by atoms with Gasteiger partial charge in [0.1, 0.15) is 23.5 Å². The zero-order valence-electron chi connectivity index (χ0n) is 38.5. The van der Waals surface area contributed by atoms with Gasteiger partial charge in [0.05, 0.1) is 69.7 Å². The van der Waals surface area contributed by atoms with Crippen molar-refractivity contribution >= 4 is 45.2 Å². The predicted molar refractivity (Wildman–Crippen MR) is 258 cm³/mol. The number of esters is 1. The summed E-state index contributed by atoms with van der Waals surface area (Å²) >= 11 is 1.64. The third-order valence-electron chi connectivity index (χ3n) is 12.1. The quantitative estimate of drug-likeness (QED) is 0.0150. The van der Waals surface area contributed by atoms with Gasteiger partial charge in [-0.2, -0.15) is 5.10 Å². The van der Waals surface area contributed by atoms with Crippen LogP contribution in [0.4, 0.5) is 5.13 Å². The van der Waals surface area contributed by atoms with Crippen LogP contribution >= 0.6 is 11.3 Å². The molecule has 0 atom stereocenters. The van der Waals surface area contributed by atoms with Gasteiger partial charge in [-0.05, 0) is 149 Å². The van der Waals surface area contributed by atoms with E-state index in [1.807, 2.05) is 53.7 Å². The van der Waals surface area contributed by atoms with Crippen molar-refractivity contribution in [2.45, 2.75) is 103 Å². The van der Waals surface area contributed by atoms with Crippen molar-refractivity contribution in [1.82, 2.24) is 4.98 Å². The van der Waals surface area contributed by atoms with E-state index in [1.165, 1.54) is 50.2 Å². The molecular weight excluding hydrogens is 827 g/mol. The number of fused-ring (bicyclic) bond motifs is 1. The highest BCUT2D eigenvalue weighted by Gasteiger charge is 2.24. The van der Waals surface area contributed by atoms with Gasteiger partial charge >= 0.3 is 5.97 Å². The SMILES string of the molecule is C=CC(=O)OCCCCCCOc1ccc(OC)cc1.CCCC1CCC(c2ccc(OCC3CCC(C=O)CC3)c(/C=N/N(CCOCCOC)c3nc4ccccc4s3)c2)CC1. The van der Waals surface area contributed by atoms with E-state index in [4.69, 9.17) is 38.5 Å². The molecule has 11 nitrogen and oxygen atoms in total. The van der Waals surface area contributed by atoms with E-state index in [2.05, 4.69) is 37.8 Å². The number of carbonyl (C=O) groups excluding carboxylic acids is 2. The van der Waals surface area contributed by atoms with Gasteiger partial charge in [-0.15, -0.1) is 0 Å². The molecule has 0 amide bonds. The predicted octanol–water partition coefficient (Wildman–Crippen LogP) is 11.6. The normalized spacial score (nSPS) is 18.5. The summed E-state index contributed by atoms with van der Waals surface area (Å²) in [6, 6.07) is 22.5. The molecule has 2 aliphatic carbocycles. The van der Waals surface area contributed by atoms with Crippen LogP contribution in [0.25, 0.3) is 10.2 Å². The van der Waals surface area contributed by atoms with Crippen LogP contribution < -0.4 is 19.2 Å². The van der Waals surface area contributed by atoms with Crippen molar-refractivity contribution in [2.24, 2.45) is 22.9 Å². The number of aldehydes is 1. The molecule has 0 aliphatic heterocycles. The lowest BCUT2D eigenvalue weighted by Crippen LogP contribution is -2.23. The van der Waals surface area contributed by atoms with Crippen LogP contribution in [0, 0.1) is 17.8 Å². The van der Waals surface area contributed by atoms with Crippen molar-refractivity contribution < 1.29 is 38.0 Å². The minimum atomic E-state index is -0.354. The molecule has 0 radical (unpaired) electrons. The Balaban J connectivity index is 0.000000324. The molecule has 348 valence electrons. The number of carbonyl (C=O) groups is 2. The standard InChI is InChI=1S/C36H49N3O4S.C16H22O4/c1-3-6-27-13-15-30(16-14-27)31-17-18-34(43-26-29-11-9-28(25-40)10-12-29)32(23-31)24-37-39(19-20-42-22-21-41-2)36-38-33-7-4-5-8-35(33)44-36;1-3-16(17)20-13-7-5-4-6-12-19-15-10-8-14(18-2)9-11-15/h4-5,7-8,17-18,23-25,27-30H,3,6,9-16,19-22,26H2,1-2H3;3,8-11H,1,4-7,12-13H2,2H3/b37-24+;. The van der Waals surface area contributed by atoms with Gasteiger partial charge in [0, 0.05) is 24.7 Å². The minimum Gasteiger partial charge on any atom is -0.497 e. The molecule has 4 aromatic rings. The maximum absolute atomic E-state index is 11.2. The van der Waals surface area contributed by atoms with Crippen molar-refractivity contribution in [3.8, 4) is 17.2 Å². The molecule has 0 saturated heterocycles. The zero-order valence-corrected chi connectivity index (χ0v) is 39.3. The Morgan fingerprint density at radius 3 is 2.27 bits per heavy atom. The molecule has 64 heavy (non-hydrogen) atoms. The van der Waals surface area contributed by atoms with Crippen LogP contribution in [0.2, 0.25) is 0 Å². The fraction of sp³-hybridized carbons (Fsp3) is 0.538. The number of aromatic nitrogens is 1. The maximum Gasteiger partial charge on any atom is 0.330 e. The van der Waals surface area contributed by atoms with Gasteiger partial charge in [0.2, 0.25) is 5.13 Å². The average Bonchev–Trinajstić information content (AvgIpc) is 3.78. The largest absolute Gasteiger partial charge is 0.497 e. The van der Waals surface area contributed by atoms with Crippen LogP contribution in [0.3, 0.4) is 0 Å². The molecule has 0 unspecified atom stereocenters. The smallest absolute Gasteiger partial charge is 0.330 e. The molecule has 12 heteroatoms. The third-order valence-corrected chi connectivity index (χ3v) is 13.2. The number of para-hydroxylation sites is 1. The highest BCUT2D eigenvalue weighted by atomic mass is 32.1. The first kappa shape index (κ1) is 50.2. The van der Waals surface area contributed by atoms with Gasteiger partial charge < -0.3 is 33.2 Å². The lowest BCUT2D eigenvalue weighted by Gasteiger charge is -2.29. The van der Waals surface area contributed by atoms with Crippen molar-refractivity contribution in [2.75, 3.05) is 65.4 Å². The van der Waals surface area contributed by atoms with E-state index < -0.39 is 0 Å². The van der Waals surface area contributed by atoms with Gasteiger partial charge in [-0.25, -0.2) is 14.8 Å². The summed E-state index contributed by atoms with van der Waals surface area (Å²) in [5.41, 5.74) is 3.36. The number of benzene rings is 3. The van der Waals surface area contributed by atoms with Gasteiger partial charge in [0.15, 0.2) is 0 Å². The average molecular weight is 898 g/mol. The molecule has 0 bridgehead atoms. The number of anilines is 1. The monoisotopic (exact) mass is 897 g/mol. The Labute approximate surface area is 385 Å². The third kappa shape index (κ3) is 17.3. The molecule has 2 aliphatic rings. The highest BCUT2D eigenvalue weighted by Crippen LogP contribution is 2.39. The zero-order chi connectivity index (χ0) is 45.2. The van der Waals surface area contributed by atoms with E-state index in [9.17, 15) is 9.59 Å². The Bertz CT molecular complexity index is 1940. The van der Waals surface area contributed by atoms with E-state index in [1.54, 1.807) is 25.6 Å². The fourth-order valence-corrected chi connectivity index (χ4v) is 9.25. The van der Waals surface area contributed by atoms with E-state index in [0.717, 1.165) is 102 Å². The fourth-order valence-electron chi connectivity index (χ4n) is 8.30. The lowest BCUT2D eigenvalue weighted by molar-refractivity contribution is -0.137. The molecule has 2 saturated carbocycles. The van der Waals surface area contributed by atoms with Crippen molar-refractivity contribution in [3.63, 3.8) is 0 Å². The summed E-state index contributed by atoms with van der Waals surface area (Å²) < 4.78 is 34.2. The molecule has 1 heterocycles. The second-order valence-electron chi connectivity index (χ2n) is 16.8. The molecule has 3 aromatic carbocycles. The number of nitrogens with zero attached hydrogens (tertiary/aromatic N) is 3. The van der Waals surface area contributed by atoms with Gasteiger partial charge in [0.25, 0.3) is 0 Å². The summed E-state index contributed by atoms with van der Waals surface area (Å²) in [6.07, 6.45) is 20.0. The second-order valence-corrected chi connectivity index (χ2v) is 17.8. The van der Waals surface area contributed by atoms with E-state index >= 15 is 0 Å². The number of ether oxygens (including phenoxy) is 6. The second kappa shape index (κ2) is 28.9. The number of hydrogen-bond donors (Lipinski definition) is 0. The Hall–Kier alpha value is -4.78. The van der Waals surface area contributed by atoms with Crippen LogP contribution in [-0.4, -0.2) is 83.9 Å². The number of rotatable bonds is 26. The lowest BCUT2D eigenvalue weighted by atomic mass is 9.77. The molecule has 0 spiro atoms. The van der Waals surface area contributed by atoms with E-state index in [-0.39, 0.29) is 11.9 Å². The van der Waals surface area contributed by atoms with Gasteiger partial charge in [-0.1, -0.05) is 55.9 Å². The molecule has 1 aromatic heterocycles. The minimum absolute atomic E-state index is 0.215. The van der Waals surface area contributed by atoms with Crippen LogP contribution in [0.15, 0.2) is 84.5 Å². The first-order valence-electron chi connectivity index (χ1n) is 23.4. The summed E-state index contributed by atoms with van der Waals surface area (Å²) in [7, 11) is 3.32. The van der Waals surface area contributed by atoms with Gasteiger partial charge in [-0.3, -0.25) is 0 Å². The first-order chi connectivity index (χ1) is 31.4.